The zero-order valence-corrected chi connectivity index (χ0v) is 17.6. The molecule has 0 atom stereocenters. The van der Waals surface area contributed by atoms with Gasteiger partial charge in [0, 0.05) is 23.5 Å². The fourth-order valence-corrected chi connectivity index (χ4v) is 2.86. The smallest absolute Gasteiger partial charge is 0.269 e. The highest BCUT2D eigenvalue weighted by Gasteiger charge is 2.09. The summed E-state index contributed by atoms with van der Waals surface area (Å²) in [5.41, 5.74) is 5.99. The van der Waals surface area contributed by atoms with E-state index < -0.39 is 4.92 Å². The summed E-state index contributed by atoms with van der Waals surface area (Å²) < 4.78 is 0. The number of para-hydroxylation sites is 1. The van der Waals surface area contributed by atoms with Crippen LogP contribution in [0.25, 0.3) is 0 Å². The predicted molar refractivity (Wildman–Crippen MR) is 128 cm³/mol. The van der Waals surface area contributed by atoms with Crippen LogP contribution in [0.5, 0.6) is 0 Å². The molecule has 10 nitrogen and oxygen atoms in total. The van der Waals surface area contributed by atoms with Gasteiger partial charge in [0.1, 0.15) is 0 Å². The lowest BCUT2D eigenvalue weighted by molar-refractivity contribution is -0.384. The average molecular weight is 440 g/mol. The Bertz CT molecular complexity index is 1260. The highest BCUT2D eigenvalue weighted by molar-refractivity contribution is 5.98. The number of nitro groups is 1. The number of hydrogen-bond donors (Lipinski definition) is 3. The first-order valence-corrected chi connectivity index (χ1v) is 10.0. The lowest BCUT2D eigenvalue weighted by atomic mass is 10.1. The Hall–Kier alpha value is -4.86. The second-order valence-electron chi connectivity index (χ2n) is 6.90. The van der Waals surface area contributed by atoms with Gasteiger partial charge in [0.2, 0.25) is 17.8 Å². The first-order chi connectivity index (χ1) is 16.1. The number of benzene rings is 3. The van der Waals surface area contributed by atoms with Crippen molar-refractivity contribution in [3.05, 3.63) is 101 Å². The number of non-ortho nitro benzene ring substituents is 1. The van der Waals surface area contributed by atoms with Crippen LogP contribution in [0, 0.1) is 10.1 Å². The number of hydrogen-bond acceptors (Lipinski definition) is 9. The Kier molecular flexibility index (Phi) is 6.45. The largest absolute Gasteiger partial charge is 0.324 e. The van der Waals surface area contributed by atoms with Gasteiger partial charge in [-0.2, -0.15) is 20.1 Å². The minimum absolute atomic E-state index is 0.00397. The third-order valence-corrected chi connectivity index (χ3v) is 4.51. The molecule has 0 radical (unpaired) electrons. The number of nitro benzene ring substituents is 1. The Balaban J connectivity index is 1.60. The van der Waals surface area contributed by atoms with Gasteiger partial charge in [0.05, 0.1) is 10.6 Å². The molecule has 0 unspecified atom stereocenters. The van der Waals surface area contributed by atoms with Crippen LogP contribution in [0.4, 0.5) is 34.9 Å². The van der Waals surface area contributed by atoms with E-state index in [1.54, 1.807) is 12.1 Å². The molecule has 0 aliphatic heterocycles. The van der Waals surface area contributed by atoms with E-state index in [0.29, 0.717) is 11.6 Å². The normalized spacial score (nSPS) is 11.0. The number of nitrogens with one attached hydrogen (secondary N) is 3. The Morgan fingerprint density at radius 1 is 0.758 bits per heavy atom. The molecule has 0 aliphatic carbocycles. The zero-order chi connectivity index (χ0) is 23.0. The quantitative estimate of drug-likeness (QED) is 0.196. The van der Waals surface area contributed by atoms with Crippen LogP contribution in [0.2, 0.25) is 0 Å². The first-order valence-electron chi connectivity index (χ1n) is 10.0. The highest BCUT2D eigenvalue weighted by atomic mass is 16.6. The van der Waals surface area contributed by atoms with Gasteiger partial charge < -0.3 is 10.6 Å². The Morgan fingerprint density at radius 3 is 1.85 bits per heavy atom. The van der Waals surface area contributed by atoms with Crippen LogP contribution in [0.15, 0.2) is 90.0 Å². The average Bonchev–Trinajstić information content (AvgIpc) is 2.84. The van der Waals surface area contributed by atoms with E-state index in [1.807, 2.05) is 67.6 Å². The van der Waals surface area contributed by atoms with Crippen molar-refractivity contribution >= 4 is 40.6 Å². The van der Waals surface area contributed by atoms with Crippen molar-refractivity contribution in [1.82, 2.24) is 15.0 Å². The van der Waals surface area contributed by atoms with Gasteiger partial charge in [0.25, 0.3) is 5.69 Å². The van der Waals surface area contributed by atoms with Crippen molar-refractivity contribution in [2.45, 2.75) is 6.92 Å². The molecule has 1 heterocycles. The predicted octanol–water partition coefficient (Wildman–Crippen LogP) is 5.10. The summed E-state index contributed by atoms with van der Waals surface area (Å²) in [6, 6.07) is 25.2. The van der Waals surface area contributed by atoms with Crippen LogP contribution in [-0.2, 0) is 0 Å². The molecule has 0 saturated heterocycles. The lowest BCUT2D eigenvalue weighted by Gasteiger charge is -2.10. The molecule has 0 bridgehead atoms. The van der Waals surface area contributed by atoms with Gasteiger partial charge in [-0.15, -0.1) is 0 Å². The number of anilines is 5. The van der Waals surface area contributed by atoms with E-state index in [4.69, 9.17) is 0 Å². The van der Waals surface area contributed by atoms with Gasteiger partial charge >= 0.3 is 0 Å². The highest BCUT2D eigenvalue weighted by Crippen LogP contribution is 2.21. The van der Waals surface area contributed by atoms with Crippen LogP contribution in [-0.4, -0.2) is 25.6 Å². The fourth-order valence-electron chi connectivity index (χ4n) is 2.86. The summed E-state index contributed by atoms with van der Waals surface area (Å²) in [5.74, 6) is 0.770. The Morgan fingerprint density at radius 2 is 1.27 bits per heavy atom. The van der Waals surface area contributed by atoms with Gasteiger partial charge in [-0.05, 0) is 36.8 Å². The molecule has 0 fully saturated rings. The van der Waals surface area contributed by atoms with E-state index in [0.717, 1.165) is 17.0 Å². The molecule has 33 heavy (non-hydrogen) atoms. The number of nitrogens with zero attached hydrogens (tertiary/aromatic N) is 5. The maximum atomic E-state index is 10.9. The third-order valence-electron chi connectivity index (χ3n) is 4.51. The van der Waals surface area contributed by atoms with Crippen molar-refractivity contribution in [3.8, 4) is 0 Å². The molecule has 0 aliphatic rings. The van der Waals surface area contributed by atoms with Crippen LogP contribution < -0.4 is 16.1 Å². The van der Waals surface area contributed by atoms with Crippen molar-refractivity contribution in [1.29, 1.82) is 0 Å². The molecule has 0 spiro atoms. The summed E-state index contributed by atoms with van der Waals surface area (Å²) in [4.78, 5) is 23.6. The maximum absolute atomic E-state index is 10.9. The molecule has 164 valence electrons. The van der Waals surface area contributed by atoms with E-state index in [1.165, 1.54) is 12.1 Å². The molecule has 3 aromatic carbocycles. The van der Waals surface area contributed by atoms with Crippen molar-refractivity contribution in [2.75, 3.05) is 16.1 Å². The minimum Gasteiger partial charge on any atom is -0.324 e. The summed E-state index contributed by atoms with van der Waals surface area (Å²) in [5, 5.41) is 21.4. The monoisotopic (exact) mass is 440 g/mol. The zero-order valence-electron chi connectivity index (χ0n) is 17.6. The first kappa shape index (κ1) is 21.4. The lowest BCUT2D eigenvalue weighted by Crippen LogP contribution is -2.08. The topological polar surface area (TPSA) is 130 Å². The Labute approximate surface area is 189 Å². The van der Waals surface area contributed by atoms with Crippen LogP contribution in [0.1, 0.15) is 12.5 Å². The molecule has 4 aromatic rings. The van der Waals surface area contributed by atoms with Crippen LogP contribution >= 0.6 is 0 Å². The molecule has 10 heteroatoms. The summed E-state index contributed by atoms with van der Waals surface area (Å²) >= 11 is 0. The van der Waals surface area contributed by atoms with Gasteiger partial charge in [-0.25, -0.2) is 5.43 Å². The summed E-state index contributed by atoms with van der Waals surface area (Å²) in [6.45, 7) is 1.88. The van der Waals surface area contributed by atoms with Crippen LogP contribution in [0.3, 0.4) is 0 Å². The molecule has 3 N–H and O–H groups in total. The van der Waals surface area contributed by atoms with E-state index in [9.17, 15) is 10.1 Å². The second-order valence-corrected chi connectivity index (χ2v) is 6.90. The molecular formula is C23H20N8O2. The molecule has 1 aromatic heterocycles. The summed E-state index contributed by atoms with van der Waals surface area (Å²) in [6.07, 6.45) is 0. The van der Waals surface area contributed by atoms with Gasteiger partial charge in [-0.1, -0.05) is 48.5 Å². The maximum Gasteiger partial charge on any atom is 0.269 e. The number of rotatable bonds is 8. The number of aromatic nitrogens is 3. The molecular weight excluding hydrogens is 420 g/mol. The molecule has 4 rings (SSSR count). The van der Waals surface area contributed by atoms with Crippen molar-refractivity contribution in [3.63, 3.8) is 0 Å². The van der Waals surface area contributed by atoms with Crippen molar-refractivity contribution < 1.29 is 4.92 Å². The second kappa shape index (κ2) is 9.96. The van der Waals surface area contributed by atoms with E-state index in [-0.39, 0.29) is 17.6 Å². The SMILES string of the molecule is C/C(=N\Nc1nc(Nc2ccccc2)nc(Nc2ccc([N+](=O)[O-])cc2)n1)c1ccccc1. The fraction of sp³-hybridized carbons (Fsp3) is 0.0435. The van der Waals surface area contributed by atoms with Gasteiger partial charge in [0.15, 0.2) is 0 Å². The summed E-state index contributed by atoms with van der Waals surface area (Å²) in [7, 11) is 0. The standard InChI is InChI=1S/C23H20N8O2/c1-16(17-8-4-2-5-9-17)29-30-23-27-21(24-18-10-6-3-7-11-18)26-22(28-23)25-19-12-14-20(15-13-19)31(32)33/h2-15H,1H3,(H3,24,25,26,27,28,30)/b29-16+. The van der Waals surface area contributed by atoms with E-state index in [2.05, 4.69) is 36.1 Å². The number of hydrazone groups is 1. The minimum atomic E-state index is -0.455. The third kappa shape index (κ3) is 5.85. The van der Waals surface area contributed by atoms with E-state index >= 15 is 0 Å². The van der Waals surface area contributed by atoms with Crippen molar-refractivity contribution in [2.24, 2.45) is 5.10 Å². The molecule has 0 amide bonds. The van der Waals surface area contributed by atoms with Gasteiger partial charge in [-0.3, -0.25) is 10.1 Å². The molecule has 0 saturated carbocycles.